The van der Waals surface area contributed by atoms with Gasteiger partial charge in [0.05, 0.1) is 12.7 Å². The van der Waals surface area contributed by atoms with Crippen LogP contribution in [0.4, 0.5) is 9.18 Å². The van der Waals surface area contributed by atoms with Crippen LogP contribution in [0.3, 0.4) is 0 Å². The van der Waals surface area contributed by atoms with E-state index >= 15 is 0 Å². The van der Waals surface area contributed by atoms with Crippen LogP contribution in [-0.4, -0.2) is 43.3 Å². The fraction of sp³-hybridized carbons (Fsp3) is 0.533. The molecule has 110 valence electrons. The number of rotatable bonds is 4. The molecule has 1 aromatic rings. The van der Waals surface area contributed by atoms with Crippen LogP contribution in [0.25, 0.3) is 0 Å². The Balaban J connectivity index is 1.73. The number of carbonyl (C=O) groups is 1. The number of hydrogen-bond donors (Lipinski definition) is 1. The number of morpholine rings is 1. The van der Waals surface area contributed by atoms with Gasteiger partial charge in [0.2, 0.25) is 0 Å². The lowest BCUT2D eigenvalue weighted by Crippen LogP contribution is -2.49. The van der Waals surface area contributed by atoms with Crippen molar-refractivity contribution in [1.82, 2.24) is 10.2 Å². The number of nitrogens with zero attached hydrogens (tertiary/aromatic N) is 1. The Labute approximate surface area is 118 Å². The number of urea groups is 1. The molecule has 0 unspecified atom stereocenters. The van der Waals surface area contributed by atoms with Gasteiger partial charge < -0.3 is 15.0 Å². The summed E-state index contributed by atoms with van der Waals surface area (Å²) in [5.41, 5.74) is 1.01. The smallest absolute Gasteiger partial charge is 0.317 e. The maximum absolute atomic E-state index is 12.8. The molecule has 0 bridgehead atoms. The van der Waals surface area contributed by atoms with E-state index in [1.165, 1.54) is 12.1 Å². The first-order chi connectivity index (χ1) is 9.69. The number of carbonyl (C=O) groups excluding carboxylic acids is 1. The maximum Gasteiger partial charge on any atom is 0.317 e. The number of benzene rings is 1. The third-order valence-electron chi connectivity index (χ3n) is 3.48. The van der Waals surface area contributed by atoms with E-state index in [0.717, 1.165) is 12.0 Å². The molecule has 2 rings (SSSR count). The quantitative estimate of drug-likeness (QED) is 0.918. The van der Waals surface area contributed by atoms with E-state index in [0.29, 0.717) is 32.7 Å². The largest absolute Gasteiger partial charge is 0.375 e. The molecule has 5 heteroatoms. The van der Waals surface area contributed by atoms with Crippen LogP contribution in [-0.2, 0) is 11.2 Å². The highest BCUT2D eigenvalue weighted by atomic mass is 19.1. The fourth-order valence-electron chi connectivity index (χ4n) is 2.23. The molecule has 1 saturated heterocycles. The standard InChI is InChI=1S/C15H21FN2O2/c1-2-14-11-18(9-10-20-14)15(19)17-8-7-12-3-5-13(16)6-4-12/h3-6,14H,2,7-11H2,1H3,(H,17,19)/t14-/m1/s1. The zero-order valence-electron chi connectivity index (χ0n) is 11.8. The lowest BCUT2D eigenvalue weighted by atomic mass is 10.1. The molecule has 0 spiro atoms. The summed E-state index contributed by atoms with van der Waals surface area (Å²) >= 11 is 0. The van der Waals surface area contributed by atoms with Crippen molar-refractivity contribution in [3.8, 4) is 0 Å². The van der Waals surface area contributed by atoms with Gasteiger partial charge in [-0.3, -0.25) is 0 Å². The first-order valence-corrected chi connectivity index (χ1v) is 7.08. The number of amides is 2. The molecule has 4 nitrogen and oxygen atoms in total. The van der Waals surface area contributed by atoms with Crippen molar-refractivity contribution in [3.63, 3.8) is 0 Å². The van der Waals surface area contributed by atoms with Gasteiger partial charge in [0, 0.05) is 19.6 Å². The van der Waals surface area contributed by atoms with Crippen molar-refractivity contribution in [2.75, 3.05) is 26.2 Å². The predicted octanol–water partition coefficient (Wildman–Crippen LogP) is 2.19. The summed E-state index contributed by atoms with van der Waals surface area (Å²) in [4.78, 5) is 13.8. The minimum atomic E-state index is -0.239. The lowest BCUT2D eigenvalue weighted by molar-refractivity contribution is -0.0153. The highest BCUT2D eigenvalue weighted by Crippen LogP contribution is 2.08. The van der Waals surface area contributed by atoms with Gasteiger partial charge in [0.15, 0.2) is 0 Å². The van der Waals surface area contributed by atoms with Crippen LogP contribution >= 0.6 is 0 Å². The molecule has 0 aromatic heterocycles. The van der Waals surface area contributed by atoms with Gasteiger partial charge >= 0.3 is 6.03 Å². The van der Waals surface area contributed by atoms with Gasteiger partial charge in [0.1, 0.15) is 5.82 Å². The average Bonchev–Trinajstić information content (AvgIpc) is 2.49. The van der Waals surface area contributed by atoms with Crippen molar-refractivity contribution < 1.29 is 13.9 Å². The molecule has 1 aliphatic rings. The van der Waals surface area contributed by atoms with Crippen LogP contribution < -0.4 is 5.32 Å². The Bertz CT molecular complexity index is 436. The first-order valence-electron chi connectivity index (χ1n) is 7.08. The Morgan fingerprint density at radius 3 is 2.90 bits per heavy atom. The summed E-state index contributed by atoms with van der Waals surface area (Å²) < 4.78 is 18.3. The molecule has 1 fully saturated rings. The topological polar surface area (TPSA) is 41.6 Å². The third kappa shape index (κ3) is 4.20. The molecule has 2 amide bonds. The molecule has 20 heavy (non-hydrogen) atoms. The first kappa shape index (κ1) is 14.8. The van der Waals surface area contributed by atoms with Gasteiger partial charge in [-0.1, -0.05) is 19.1 Å². The summed E-state index contributed by atoms with van der Waals surface area (Å²) in [6, 6.07) is 6.30. The molecular weight excluding hydrogens is 259 g/mol. The van der Waals surface area contributed by atoms with Crippen LogP contribution in [0.5, 0.6) is 0 Å². The molecule has 0 saturated carbocycles. The Hall–Kier alpha value is -1.62. The summed E-state index contributed by atoms with van der Waals surface area (Å²) in [6.45, 7) is 4.50. The fourth-order valence-corrected chi connectivity index (χ4v) is 2.23. The molecule has 0 aliphatic carbocycles. The number of halogens is 1. The SMILES string of the molecule is CC[C@@H]1CN(C(=O)NCCc2ccc(F)cc2)CCO1. The zero-order chi connectivity index (χ0) is 14.4. The Morgan fingerprint density at radius 1 is 1.45 bits per heavy atom. The second kappa shape index (κ2) is 7.24. The summed E-state index contributed by atoms with van der Waals surface area (Å²) in [6.07, 6.45) is 1.76. The average molecular weight is 280 g/mol. The Kier molecular flexibility index (Phi) is 5.35. The number of nitrogens with one attached hydrogen (secondary N) is 1. The van der Waals surface area contributed by atoms with Gasteiger partial charge in [-0.25, -0.2) is 9.18 Å². The third-order valence-corrected chi connectivity index (χ3v) is 3.48. The summed E-state index contributed by atoms with van der Waals surface area (Å²) in [5, 5.41) is 2.90. The monoisotopic (exact) mass is 280 g/mol. The van der Waals surface area contributed by atoms with Gasteiger partial charge in [-0.05, 0) is 30.5 Å². The van der Waals surface area contributed by atoms with Crippen molar-refractivity contribution in [2.45, 2.75) is 25.9 Å². The second-order valence-corrected chi connectivity index (χ2v) is 4.96. The summed E-state index contributed by atoms with van der Waals surface area (Å²) in [7, 11) is 0. The van der Waals surface area contributed by atoms with Gasteiger partial charge in [-0.2, -0.15) is 0 Å². The maximum atomic E-state index is 12.8. The molecular formula is C15H21FN2O2. The van der Waals surface area contributed by atoms with E-state index in [1.54, 1.807) is 17.0 Å². The Morgan fingerprint density at radius 2 is 2.20 bits per heavy atom. The number of ether oxygens (including phenoxy) is 1. The van der Waals surface area contributed by atoms with Crippen molar-refractivity contribution >= 4 is 6.03 Å². The number of hydrogen-bond acceptors (Lipinski definition) is 2. The van der Waals surface area contributed by atoms with Crippen LogP contribution in [0.15, 0.2) is 24.3 Å². The van der Waals surface area contributed by atoms with E-state index < -0.39 is 0 Å². The zero-order valence-corrected chi connectivity index (χ0v) is 11.8. The normalized spacial score (nSPS) is 18.9. The highest BCUT2D eigenvalue weighted by molar-refractivity contribution is 5.74. The van der Waals surface area contributed by atoms with E-state index in [2.05, 4.69) is 12.2 Å². The molecule has 1 atom stereocenters. The molecule has 1 aromatic carbocycles. The van der Waals surface area contributed by atoms with Crippen LogP contribution in [0.2, 0.25) is 0 Å². The molecule has 1 aliphatic heterocycles. The summed E-state index contributed by atoms with van der Waals surface area (Å²) in [5.74, 6) is -0.239. The molecule has 1 N–H and O–H groups in total. The minimum Gasteiger partial charge on any atom is -0.375 e. The van der Waals surface area contributed by atoms with Crippen LogP contribution in [0, 0.1) is 5.82 Å². The van der Waals surface area contributed by atoms with Crippen LogP contribution in [0.1, 0.15) is 18.9 Å². The van der Waals surface area contributed by atoms with E-state index in [9.17, 15) is 9.18 Å². The highest BCUT2D eigenvalue weighted by Gasteiger charge is 2.22. The van der Waals surface area contributed by atoms with E-state index in [4.69, 9.17) is 4.74 Å². The van der Waals surface area contributed by atoms with Crippen molar-refractivity contribution in [1.29, 1.82) is 0 Å². The molecule has 1 heterocycles. The minimum absolute atomic E-state index is 0.0474. The van der Waals surface area contributed by atoms with Gasteiger partial charge in [0.25, 0.3) is 0 Å². The lowest BCUT2D eigenvalue weighted by Gasteiger charge is -2.32. The second-order valence-electron chi connectivity index (χ2n) is 4.96. The van der Waals surface area contributed by atoms with Gasteiger partial charge in [-0.15, -0.1) is 0 Å². The van der Waals surface area contributed by atoms with Crippen molar-refractivity contribution in [2.24, 2.45) is 0 Å². The van der Waals surface area contributed by atoms with E-state index in [1.807, 2.05) is 0 Å². The van der Waals surface area contributed by atoms with E-state index in [-0.39, 0.29) is 18.0 Å². The molecule has 0 radical (unpaired) electrons. The van der Waals surface area contributed by atoms with Crippen molar-refractivity contribution in [3.05, 3.63) is 35.6 Å². The predicted molar refractivity (Wildman–Crippen MR) is 75.1 cm³/mol.